The fraction of sp³-hybridized carbons (Fsp3) is 0.600. The highest BCUT2D eigenvalue weighted by Gasteiger charge is 2.49. The van der Waals surface area contributed by atoms with E-state index in [1.165, 1.54) is 7.05 Å². The van der Waals surface area contributed by atoms with Crippen molar-refractivity contribution < 1.29 is 17.6 Å². The minimum atomic E-state index is -4.11. The van der Waals surface area contributed by atoms with Crippen LogP contribution >= 0.6 is 0 Å². The zero-order valence-electron chi connectivity index (χ0n) is 12.7. The molecule has 1 nitrogen and oxygen atoms in total. The SMILES string of the molecule is CNC(c1c(C)c(C)c(C)c(C)c1C)C(F)(F)C(F)F. The minimum Gasteiger partial charge on any atom is -0.308 e. The third-order valence-corrected chi connectivity index (χ3v) is 4.31. The summed E-state index contributed by atoms with van der Waals surface area (Å²) in [5, 5.41) is 2.37. The zero-order valence-corrected chi connectivity index (χ0v) is 12.7. The molecule has 1 aromatic carbocycles. The lowest BCUT2D eigenvalue weighted by molar-refractivity contribution is -0.150. The van der Waals surface area contributed by atoms with Crippen LogP contribution in [0.25, 0.3) is 0 Å². The van der Waals surface area contributed by atoms with Gasteiger partial charge in [-0.3, -0.25) is 0 Å². The lowest BCUT2D eigenvalue weighted by atomic mass is 9.84. The van der Waals surface area contributed by atoms with Gasteiger partial charge in [0, 0.05) is 0 Å². The lowest BCUT2D eigenvalue weighted by Gasteiger charge is -2.30. The van der Waals surface area contributed by atoms with Gasteiger partial charge in [-0.1, -0.05) is 0 Å². The van der Waals surface area contributed by atoms with Crippen molar-refractivity contribution >= 4 is 0 Å². The molecule has 0 amide bonds. The summed E-state index contributed by atoms with van der Waals surface area (Å²) >= 11 is 0. The zero-order chi connectivity index (χ0) is 15.8. The third-order valence-electron chi connectivity index (χ3n) is 4.31. The Kier molecular flexibility index (Phi) is 4.85. The van der Waals surface area contributed by atoms with Crippen molar-refractivity contribution in [3.63, 3.8) is 0 Å². The summed E-state index contributed by atoms with van der Waals surface area (Å²) in [6.45, 7) is 8.97. The highest BCUT2D eigenvalue weighted by atomic mass is 19.3. The average molecular weight is 291 g/mol. The first-order chi connectivity index (χ1) is 9.07. The Balaban J connectivity index is 3.60. The first-order valence-electron chi connectivity index (χ1n) is 6.47. The van der Waals surface area contributed by atoms with Crippen LogP contribution in [0.4, 0.5) is 17.6 Å². The van der Waals surface area contributed by atoms with E-state index < -0.39 is 18.4 Å². The number of benzene rings is 1. The maximum atomic E-state index is 13.8. The van der Waals surface area contributed by atoms with E-state index in [2.05, 4.69) is 5.32 Å². The number of hydrogen-bond donors (Lipinski definition) is 1. The van der Waals surface area contributed by atoms with Crippen molar-refractivity contribution in [2.24, 2.45) is 0 Å². The molecule has 114 valence electrons. The molecule has 0 heterocycles. The van der Waals surface area contributed by atoms with Gasteiger partial charge in [-0.15, -0.1) is 0 Å². The first kappa shape index (κ1) is 17.0. The highest BCUT2D eigenvalue weighted by molar-refractivity contribution is 5.51. The van der Waals surface area contributed by atoms with Gasteiger partial charge in [0.15, 0.2) is 0 Å². The number of nitrogens with one attached hydrogen (secondary N) is 1. The van der Waals surface area contributed by atoms with E-state index in [9.17, 15) is 17.6 Å². The monoisotopic (exact) mass is 291 g/mol. The number of rotatable bonds is 4. The second-order valence-electron chi connectivity index (χ2n) is 5.24. The predicted octanol–water partition coefficient (Wildman–Crippen LogP) is 4.39. The third kappa shape index (κ3) is 2.55. The summed E-state index contributed by atoms with van der Waals surface area (Å²) in [5.41, 5.74) is 4.31. The number of halogens is 4. The maximum Gasteiger partial charge on any atom is 0.326 e. The normalized spacial score (nSPS) is 13.9. The van der Waals surface area contributed by atoms with Crippen LogP contribution in [0.2, 0.25) is 0 Å². The predicted molar refractivity (Wildman–Crippen MR) is 72.9 cm³/mol. The van der Waals surface area contributed by atoms with Gasteiger partial charge in [0.1, 0.15) is 6.04 Å². The topological polar surface area (TPSA) is 12.0 Å². The molecule has 0 aliphatic heterocycles. The molecule has 0 fully saturated rings. The molecule has 0 bridgehead atoms. The summed E-state index contributed by atoms with van der Waals surface area (Å²) < 4.78 is 53.0. The van der Waals surface area contributed by atoms with Crippen LogP contribution in [-0.4, -0.2) is 19.4 Å². The van der Waals surface area contributed by atoms with Crippen molar-refractivity contribution in [2.75, 3.05) is 7.05 Å². The molecule has 1 unspecified atom stereocenters. The molecule has 0 spiro atoms. The second-order valence-corrected chi connectivity index (χ2v) is 5.24. The van der Waals surface area contributed by atoms with E-state index in [0.717, 1.165) is 16.7 Å². The average Bonchev–Trinajstić information content (AvgIpc) is 2.38. The Labute approximate surface area is 117 Å². The Morgan fingerprint density at radius 2 is 1.15 bits per heavy atom. The van der Waals surface area contributed by atoms with E-state index in [1.54, 1.807) is 13.8 Å². The van der Waals surface area contributed by atoms with Crippen molar-refractivity contribution in [3.8, 4) is 0 Å². The first-order valence-corrected chi connectivity index (χ1v) is 6.47. The smallest absolute Gasteiger partial charge is 0.308 e. The fourth-order valence-electron chi connectivity index (χ4n) is 2.62. The molecular weight excluding hydrogens is 270 g/mol. The largest absolute Gasteiger partial charge is 0.326 e. The molecule has 0 saturated carbocycles. The Bertz CT molecular complexity index is 480. The molecule has 0 aromatic heterocycles. The van der Waals surface area contributed by atoms with E-state index in [4.69, 9.17) is 0 Å². The molecular formula is C15H21F4N. The van der Waals surface area contributed by atoms with E-state index in [0.29, 0.717) is 11.1 Å². The maximum absolute atomic E-state index is 13.8. The van der Waals surface area contributed by atoms with Gasteiger partial charge < -0.3 is 5.32 Å². The van der Waals surface area contributed by atoms with Gasteiger partial charge in [-0.05, 0) is 75.0 Å². The molecule has 1 rings (SSSR count). The molecule has 0 aliphatic rings. The summed E-state index contributed by atoms with van der Waals surface area (Å²) in [6, 6.07) is -1.69. The minimum absolute atomic E-state index is 0.276. The number of alkyl halides is 4. The lowest BCUT2D eigenvalue weighted by Crippen LogP contribution is -2.42. The van der Waals surface area contributed by atoms with Crippen LogP contribution < -0.4 is 5.32 Å². The molecule has 0 radical (unpaired) electrons. The summed E-state index contributed by atoms with van der Waals surface area (Å²) in [7, 11) is 1.28. The van der Waals surface area contributed by atoms with Gasteiger partial charge in [0.25, 0.3) is 0 Å². The molecule has 1 N–H and O–H groups in total. The van der Waals surface area contributed by atoms with Crippen molar-refractivity contribution in [1.82, 2.24) is 5.32 Å². The van der Waals surface area contributed by atoms with Crippen molar-refractivity contribution in [1.29, 1.82) is 0 Å². The molecule has 1 aromatic rings. The molecule has 1 atom stereocenters. The van der Waals surface area contributed by atoms with Crippen molar-refractivity contribution in [3.05, 3.63) is 33.4 Å². The summed E-state index contributed by atoms with van der Waals surface area (Å²) in [6.07, 6.45) is -3.71. The summed E-state index contributed by atoms with van der Waals surface area (Å²) in [4.78, 5) is 0. The van der Waals surface area contributed by atoms with Crippen LogP contribution in [0.15, 0.2) is 0 Å². The second kappa shape index (κ2) is 5.72. The van der Waals surface area contributed by atoms with E-state index in [1.807, 2.05) is 20.8 Å². The van der Waals surface area contributed by atoms with Gasteiger partial charge in [-0.2, -0.15) is 8.78 Å². The van der Waals surface area contributed by atoms with Gasteiger partial charge in [-0.25, -0.2) is 8.78 Å². The fourth-order valence-corrected chi connectivity index (χ4v) is 2.62. The van der Waals surface area contributed by atoms with Crippen LogP contribution in [0.3, 0.4) is 0 Å². The van der Waals surface area contributed by atoms with Gasteiger partial charge in [0.05, 0.1) is 0 Å². The summed E-state index contributed by atoms with van der Waals surface area (Å²) in [5.74, 6) is -4.11. The van der Waals surface area contributed by atoms with Crippen LogP contribution in [0.5, 0.6) is 0 Å². The molecule has 0 aliphatic carbocycles. The highest BCUT2D eigenvalue weighted by Crippen LogP contribution is 2.41. The standard InChI is InChI=1S/C15H21F4N/c1-7-8(2)10(4)12(11(5)9(7)3)13(20-6)15(18,19)14(16)17/h13-14,20H,1-6H3. The quantitative estimate of drug-likeness (QED) is 0.811. The van der Waals surface area contributed by atoms with Crippen LogP contribution in [-0.2, 0) is 0 Å². The molecule has 0 saturated heterocycles. The Morgan fingerprint density at radius 1 is 0.800 bits per heavy atom. The number of hydrogen-bond acceptors (Lipinski definition) is 1. The van der Waals surface area contributed by atoms with Gasteiger partial charge >= 0.3 is 12.3 Å². The van der Waals surface area contributed by atoms with E-state index in [-0.39, 0.29) is 5.56 Å². The van der Waals surface area contributed by atoms with Gasteiger partial charge in [0.2, 0.25) is 0 Å². The Morgan fingerprint density at radius 3 is 1.45 bits per heavy atom. The van der Waals surface area contributed by atoms with Crippen molar-refractivity contribution in [2.45, 2.75) is 53.0 Å². The van der Waals surface area contributed by atoms with E-state index >= 15 is 0 Å². The van der Waals surface area contributed by atoms with Crippen LogP contribution in [0.1, 0.15) is 39.4 Å². The van der Waals surface area contributed by atoms with Crippen LogP contribution in [0, 0.1) is 34.6 Å². The Hall–Kier alpha value is -1.10. The molecule has 5 heteroatoms. The molecule has 20 heavy (non-hydrogen) atoms.